The molecule has 6 nitrogen and oxygen atoms in total. The second-order valence-corrected chi connectivity index (χ2v) is 35.5. The molecule has 0 amide bonds. The predicted molar refractivity (Wildman–Crippen MR) is 404 cm³/mol. The van der Waals surface area contributed by atoms with E-state index in [9.17, 15) is 11.8 Å². The van der Waals surface area contributed by atoms with Crippen LogP contribution < -0.4 is 0 Å². The van der Waals surface area contributed by atoms with Gasteiger partial charge in [-0.1, -0.05) is 215 Å². The van der Waals surface area contributed by atoms with Crippen molar-refractivity contribution in [2.45, 2.75) is 209 Å². The van der Waals surface area contributed by atoms with E-state index in [0.717, 1.165) is 87.2 Å². The van der Waals surface area contributed by atoms with E-state index in [0.29, 0.717) is 34.0 Å². The topological polar surface area (TPSA) is 47.9 Å². The minimum absolute atomic E-state index is 0.166. The van der Waals surface area contributed by atoms with Gasteiger partial charge in [0.2, 0.25) is 5.69 Å². The van der Waals surface area contributed by atoms with Crippen LogP contribution in [0, 0.1) is 17.9 Å². The SMILES string of the molecule is [C-]#[N+]c1c(-n2c3ccc(C(C)(C)C)cc3c3cc(C(C)(C)C)ccc32)c(-n2c3ccc(C(C)(C)C)cc3c3cc(C(C)(C)C)ccc32)c(C#N)c(-n2c3ccc(C(C)(C)C)cc3c3cc(C(C)(C)C)ccc32)c1-n1c2ccc(C(C)(C)C)cc2c2cc(C(C)(C)C)ccc21. The maximum absolute atomic E-state index is 13.4. The summed E-state index contributed by atoms with van der Waals surface area (Å²) in [5.74, 6) is 0. The third-order valence-electron chi connectivity index (χ3n) is 20.5. The Labute approximate surface area is 558 Å². The molecule has 0 fully saturated rings. The molecule has 0 N–H and O–H groups in total. The van der Waals surface area contributed by atoms with Crippen molar-refractivity contribution in [3.8, 4) is 28.8 Å². The van der Waals surface area contributed by atoms with Crippen molar-refractivity contribution in [2.75, 3.05) is 0 Å². The predicted octanol–water partition coefficient (Wildman–Crippen LogP) is 24.9. The van der Waals surface area contributed by atoms with Gasteiger partial charge in [-0.25, -0.2) is 4.85 Å². The summed E-state index contributed by atoms with van der Waals surface area (Å²) in [5.41, 5.74) is 19.6. The van der Waals surface area contributed by atoms with E-state index in [2.05, 4.69) is 336 Å². The van der Waals surface area contributed by atoms with Gasteiger partial charge in [0.1, 0.15) is 11.6 Å². The normalized spacial score (nSPS) is 13.5. The molecule has 4 aromatic heterocycles. The molecule has 0 aliphatic heterocycles. The molecule has 13 rings (SSSR count). The average Bonchev–Trinajstić information content (AvgIpc) is 1.47. The van der Waals surface area contributed by atoms with Gasteiger partial charge in [-0.05, 0) is 185 Å². The zero-order chi connectivity index (χ0) is 68.0. The highest BCUT2D eigenvalue weighted by molar-refractivity contribution is 6.17. The van der Waals surface area contributed by atoms with Gasteiger partial charge < -0.3 is 18.3 Å². The van der Waals surface area contributed by atoms with Crippen LogP contribution in [0.2, 0.25) is 0 Å². The lowest BCUT2D eigenvalue weighted by Gasteiger charge is -2.28. The van der Waals surface area contributed by atoms with Crippen molar-refractivity contribution in [3.63, 3.8) is 0 Å². The molecule has 6 heteroatoms. The Hall–Kier alpha value is -8.84. The maximum atomic E-state index is 13.4. The Morgan fingerprint density at radius 1 is 0.255 bits per heavy atom. The summed E-state index contributed by atoms with van der Waals surface area (Å²) in [6.07, 6.45) is 0. The highest BCUT2D eigenvalue weighted by Gasteiger charge is 2.37. The smallest absolute Gasteiger partial charge is 0.238 e. The summed E-state index contributed by atoms with van der Waals surface area (Å²) < 4.78 is 9.52. The molecule has 0 radical (unpaired) electrons. The van der Waals surface area contributed by atoms with Crippen LogP contribution in [0.4, 0.5) is 5.69 Å². The second kappa shape index (κ2) is 20.8. The Kier molecular flexibility index (Phi) is 14.2. The number of benzene rings is 9. The molecule has 9 aromatic carbocycles. The van der Waals surface area contributed by atoms with E-state index in [-0.39, 0.29) is 43.3 Å². The Bertz CT molecular complexity index is 4500. The first kappa shape index (κ1) is 63.9. The van der Waals surface area contributed by atoms with Gasteiger partial charge in [0.15, 0.2) is 0 Å². The van der Waals surface area contributed by atoms with Crippen molar-refractivity contribution in [3.05, 3.63) is 207 Å². The lowest BCUT2D eigenvalue weighted by Crippen LogP contribution is -2.15. The number of nitrogens with zero attached hydrogens (tertiary/aromatic N) is 6. The number of nitriles is 1. The van der Waals surface area contributed by atoms with E-state index in [4.69, 9.17) is 4.85 Å². The highest BCUT2D eigenvalue weighted by atomic mass is 15.1. The van der Waals surface area contributed by atoms with Crippen LogP contribution in [0.15, 0.2) is 146 Å². The van der Waals surface area contributed by atoms with E-state index in [1.54, 1.807) is 0 Å². The van der Waals surface area contributed by atoms with Crippen LogP contribution >= 0.6 is 0 Å². The standard InChI is InChI=1S/C88H96N6/c1-81(2,3)51-26-34-68-59(42-51)60-43-52(82(4,5)6)27-35-69(60)91(68)77-67(50-89)78(92-70-36-28-53(83(7,8)9)44-61(70)62-45-54(84(10,11)12)29-37-71(62)92)80(94-74-40-32-57(87(19,20)21)48-65(74)66-49-58(88(22,23)24)33-41-75(66)94)76(90-25)79(77)93-72-38-30-55(85(13,14)15)46-63(72)64-47-56(86(16,17)18)31-39-73(64)93/h26-49H,1-24H3. The van der Waals surface area contributed by atoms with Crippen molar-refractivity contribution < 1.29 is 0 Å². The quantitative estimate of drug-likeness (QED) is 0.162. The largest absolute Gasteiger partial charge is 0.317 e. The molecule has 13 aromatic rings. The summed E-state index contributed by atoms with van der Waals surface area (Å²) in [7, 11) is 0. The van der Waals surface area contributed by atoms with E-state index < -0.39 is 0 Å². The van der Waals surface area contributed by atoms with Crippen LogP contribution in [0.5, 0.6) is 0 Å². The summed E-state index contributed by atoms with van der Waals surface area (Å²) >= 11 is 0. The van der Waals surface area contributed by atoms with Gasteiger partial charge in [-0.2, -0.15) is 5.26 Å². The van der Waals surface area contributed by atoms with Gasteiger partial charge in [0, 0.05) is 43.1 Å². The first-order valence-electron chi connectivity index (χ1n) is 34.0. The van der Waals surface area contributed by atoms with Crippen LogP contribution in [0.1, 0.15) is 216 Å². The van der Waals surface area contributed by atoms with Gasteiger partial charge in [0.05, 0.1) is 73.5 Å². The number of hydrogen-bond donors (Lipinski definition) is 0. The summed E-state index contributed by atoms with van der Waals surface area (Å²) in [4.78, 5) is 5.13. The zero-order valence-electron chi connectivity index (χ0n) is 60.5. The molecule has 94 heavy (non-hydrogen) atoms. The summed E-state index contributed by atoms with van der Waals surface area (Å²) in [6, 6.07) is 58.8. The lowest BCUT2D eigenvalue weighted by molar-refractivity contribution is 0.590. The van der Waals surface area contributed by atoms with Gasteiger partial charge in [0.25, 0.3) is 0 Å². The number of rotatable bonds is 4. The van der Waals surface area contributed by atoms with Crippen molar-refractivity contribution >= 4 is 92.9 Å². The third kappa shape index (κ3) is 10.2. The number of fused-ring (bicyclic) bond motifs is 12. The molecule has 0 spiro atoms. The Morgan fingerprint density at radius 2 is 0.404 bits per heavy atom. The fourth-order valence-electron chi connectivity index (χ4n) is 14.5. The summed E-state index contributed by atoms with van der Waals surface area (Å²) in [5, 5.41) is 22.1. The van der Waals surface area contributed by atoms with E-state index in [1.165, 1.54) is 44.5 Å². The molecule has 4 heterocycles. The van der Waals surface area contributed by atoms with Crippen LogP contribution in [0.25, 0.3) is 115 Å². The Balaban J connectivity index is 1.39. The van der Waals surface area contributed by atoms with Crippen LogP contribution in [-0.4, -0.2) is 18.3 Å². The molecule has 0 atom stereocenters. The lowest BCUT2D eigenvalue weighted by atomic mass is 9.85. The van der Waals surface area contributed by atoms with Gasteiger partial charge in [-0.15, -0.1) is 0 Å². The van der Waals surface area contributed by atoms with E-state index >= 15 is 0 Å². The average molecular weight is 1240 g/mol. The third-order valence-corrected chi connectivity index (χ3v) is 20.5. The number of aromatic nitrogens is 4. The number of hydrogen-bond acceptors (Lipinski definition) is 1. The molecule has 0 unspecified atom stereocenters. The summed E-state index contributed by atoms with van der Waals surface area (Å²) in [6.45, 7) is 65.3. The maximum Gasteiger partial charge on any atom is 0.238 e. The van der Waals surface area contributed by atoms with Crippen molar-refractivity contribution in [1.29, 1.82) is 5.26 Å². The van der Waals surface area contributed by atoms with Crippen molar-refractivity contribution in [2.24, 2.45) is 0 Å². The first-order chi connectivity index (χ1) is 43.6. The van der Waals surface area contributed by atoms with Crippen molar-refractivity contribution in [1.82, 2.24) is 18.3 Å². The molecule has 0 saturated carbocycles. The fraction of sp³-hybridized carbons (Fsp3) is 0.364. The van der Waals surface area contributed by atoms with Gasteiger partial charge in [-0.3, -0.25) is 0 Å². The molecular formula is C88H96N6. The molecule has 0 aliphatic carbocycles. The van der Waals surface area contributed by atoms with E-state index in [1.807, 2.05) is 0 Å². The fourth-order valence-corrected chi connectivity index (χ4v) is 14.5. The van der Waals surface area contributed by atoms with Gasteiger partial charge >= 0.3 is 0 Å². The minimum Gasteiger partial charge on any atom is -0.317 e. The Morgan fingerprint density at radius 3 is 0.532 bits per heavy atom. The molecule has 478 valence electrons. The van der Waals surface area contributed by atoms with Crippen LogP contribution in [0.3, 0.4) is 0 Å². The molecule has 0 bridgehead atoms. The molecule has 0 aliphatic rings. The zero-order valence-corrected chi connectivity index (χ0v) is 60.5. The highest BCUT2D eigenvalue weighted by Crippen LogP contribution is 2.54. The molecular weight excluding hydrogens is 1140 g/mol. The molecule has 0 saturated heterocycles. The first-order valence-corrected chi connectivity index (χ1v) is 34.0. The van der Waals surface area contributed by atoms with Crippen LogP contribution in [-0.2, 0) is 43.3 Å². The second-order valence-electron chi connectivity index (χ2n) is 35.5. The minimum atomic E-state index is -0.167. The monoisotopic (exact) mass is 1240 g/mol.